The van der Waals surface area contributed by atoms with Crippen LogP contribution in [0.5, 0.6) is 0 Å². The zero-order valence-corrected chi connectivity index (χ0v) is 12.9. The molecule has 0 saturated heterocycles. The molecule has 1 atom stereocenters. The standard InChI is InChI=1S/C18H34O/c1-3-5-7-9-10-11-12-13-15-17-18(19)16-14-8-6-4-2/h3,5,7,18-19H,1,4,6,8-17H2,2H3/b7-5+. The normalized spacial score (nSPS) is 12.9. The molecule has 0 aliphatic rings. The average molecular weight is 266 g/mol. The van der Waals surface area contributed by atoms with Gasteiger partial charge < -0.3 is 5.11 Å². The molecule has 0 rings (SSSR count). The van der Waals surface area contributed by atoms with Crippen LogP contribution in [0.4, 0.5) is 0 Å². The van der Waals surface area contributed by atoms with Crippen LogP contribution < -0.4 is 0 Å². The molecule has 0 fully saturated rings. The van der Waals surface area contributed by atoms with Crippen molar-refractivity contribution in [3.05, 3.63) is 24.8 Å². The Hall–Kier alpha value is -0.560. The topological polar surface area (TPSA) is 20.2 Å². The molecule has 0 aliphatic heterocycles. The lowest BCUT2D eigenvalue weighted by molar-refractivity contribution is 0.147. The van der Waals surface area contributed by atoms with E-state index in [2.05, 4.69) is 19.6 Å². The van der Waals surface area contributed by atoms with Gasteiger partial charge in [0.25, 0.3) is 0 Å². The molecule has 0 aromatic heterocycles. The highest BCUT2D eigenvalue weighted by molar-refractivity contribution is 4.96. The number of rotatable bonds is 14. The fraction of sp³-hybridized carbons (Fsp3) is 0.778. The van der Waals surface area contributed by atoms with Crippen molar-refractivity contribution in [1.29, 1.82) is 0 Å². The SMILES string of the molecule is C=C/C=C/CCCCCCCC(O)CCCCCC. The number of hydrogen-bond acceptors (Lipinski definition) is 1. The van der Waals surface area contributed by atoms with Crippen LogP contribution in [0.15, 0.2) is 24.8 Å². The van der Waals surface area contributed by atoms with Crippen molar-refractivity contribution in [1.82, 2.24) is 0 Å². The van der Waals surface area contributed by atoms with Crippen molar-refractivity contribution in [2.75, 3.05) is 0 Å². The van der Waals surface area contributed by atoms with E-state index in [0.717, 1.165) is 12.8 Å². The third-order valence-electron chi connectivity index (χ3n) is 3.57. The van der Waals surface area contributed by atoms with Crippen molar-refractivity contribution in [3.8, 4) is 0 Å². The van der Waals surface area contributed by atoms with Crippen LogP contribution in [-0.4, -0.2) is 11.2 Å². The van der Waals surface area contributed by atoms with Crippen LogP contribution in [0.3, 0.4) is 0 Å². The molecule has 0 aromatic carbocycles. The maximum atomic E-state index is 9.83. The number of hydrogen-bond donors (Lipinski definition) is 1. The summed E-state index contributed by atoms with van der Waals surface area (Å²) in [6, 6.07) is 0. The third-order valence-corrected chi connectivity index (χ3v) is 3.57. The van der Waals surface area contributed by atoms with Gasteiger partial charge in [-0.3, -0.25) is 0 Å². The van der Waals surface area contributed by atoms with Crippen LogP contribution in [0.25, 0.3) is 0 Å². The summed E-state index contributed by atoms with van der Waals surface area (Å²) in [5, 5.41) is 9.83. The van der Waals surface area contributed by atoms with Crippen molar-refractivity contribution in [2.24, 2.45) is 0 Å². The summed E-state index contributed by atoms with van der Waals surface area (Å²) >= 11 is 0. The number of allylic oxidation sites excluding steroid dienone is 3. The lowest BCUT2D eigenvalue weighted by Gasteiger charge is -2.09. The van der Waals surface area contributed by atoms with E-state index in [0.29, 0.717) is 0 Å². The molecule has 1 nitrogen and oxygen atoms in total. The first kappa shape index (κ1) is 18.4. The smallest absolute Gasteiger partial charge is 0.0540 e. The van der Waals surface area contributed by atoms with Crippen LogP contribution >= 0.6 is 0 Å². The molecule has 1 N–H and O–H groups in total. The summed E-state index contributed by atoms with van der Waals surface area (Å²) in [4.78, 5) is 0. The van der Waals surface area contributed by atoms with E-state index in [1.807, 2.05) is 12.2 Å². The zero-order chi connectivity index (χ0) is 14.2. The Morgan fingerprint density at radius 3 is 2.11 bits per heavy atom. The second-order valence-electron chi connectivity index (χ2n) is 5.51. The first-order chi connectivity index (χ1) is 9.31. The molecule has 1 unspecified atom stereocenters. The summed E-state index contributed by atoms with van der Waals surface area (Å²) in [5.41, 5.74) is 0. The lowest BCUT2D eigenvalue weighted by Crippen LogP contribution is -2.05. The molecule has 19 heavy (non-hydrogen) atoms. The van der Waals surface area contributed by atoms with E-state index in [1.54, 1.807) is 0 Å². The van der Waals surface area contributed by atoms with Crippen molar-refractivity contribution in [3.63, 3.8) is 0 Å². The molecule has 0 radical (unpaired) electrons. The molecule has 0 aromatic rings. The monoisotopic (exact) mass is 266 g/mol. The predicted molar refractivity (Wildman–Crippen MR) is 86.4 cm³/mol. The Bertz CT molecular complexity index is 208. The van der Waals surface area contributed by atoms with Crippen molar-refractivity contribution in [2.45, 2.75) is 90.1 Å². The van der Waals surface area contributed by atoms with E-state index in [4.69, 9.17) is 0 Å². The molecule has 112 valence electrons. The largest absolute Gasteiger partial charge is 0.393 e. The number of aliphatic hydroxyl groups excluding tert-OH is 1. The molecule has 0 saturated carbocycles. The maximum absolute atomic E-state index is 9.83. The van der Waals surface area contributed by atoms with E-state index >= 15 is 0 Å². The minimum atomic E-state index is -0.0487. The fourth-order valence-electron chi connectivity index (χ4n) is 2.32. The summed E-state index contributed by atoms with van der Waals surface area (Å²) in [5.74, 6) is 0. The van der Waals surface area contributed by atoms with Crippen LogP contribution in [-0.2, 0) is 0 Å². The van der Waals surface area contributed by atoms with E-state index in [-0.39, 0.29) is 6.10 Å². The molecular formula is C18H34O. The van der Waals surface area contributed by atoms with Gasteiger partial charge in [0, 0.05) is 0 Å². The predicted octanol–water partition coefficient (Wildman–Crippen LogP) is 5.79. The van der Waals surface area contributed by atoms with Gasteiger partial charge >= 0.3 is 0 Å². The second-order valence-corrected chi connectivity index (χ2v) is 5.51. The molecule has 0 spiro atoms. The second kappa shape index (κ2) is 15.5. The Balaban J connectivity index is 3.15. The van der Waals surface area contributed by atoms with Gasteiger partial charge in [0.2, 0.25) is 0 Å². The van der Waals surface area contributed by atoms with Gasteiger partial charge in [-0.05, 0) is 25.7 Å². The van der Waals surface area contributed by atoms with E-state index < -0.39 is 0 Å². The molecule has 1 heteroatoms. The molecule has 0 amide bonds. The summed E-state index contributed by atoms with van der Waals surface area (Å²) < 4.78 is 0. The molecule has 0 bridgehead atoms. The third kappa shape index (κ3) is 15.4. The van der Waals surface area contributed by atoms with E-state index in [9.17, 15) is 5.11 Å². The van der Waals surface area contributed by atoms with Gasteiger partial charge in [-0.25, -0.2) is 0 Å². The maximum Gasteiger partial charge on any atom is 0.0540 e. The fourth-order valence-corrected chi connectivity index (χ4v) is 2.32. The molecular weight excluding hydrogens is 232 g/mol. The number of unbranched alkanes of at least 4 members (excludes halogenated alkanes) is 8. The highest BCUT2D eigenvalue weighted by atomic mass is 16.3. The Kier molecular flexibility index (Phi) is 15.0. The molecule has 0 heterocycles. The van der Waals surface area contributed by atoms with E-state index in [1.165, 1.54) is 64.2 Å². The van der Waals surface area contributed by atoms with Gasteiger partial charge in [0.05, 0.1) is 6.10 Å². The highest BCUT2D eigenvalue weighted by Gasteiger charge is 2.03. The van der Waals surface area contributed by atoms with Gasteiger partial charge in [0.15, 0.2) is 0 Å². The van der Waals surface area contributed by atoms with Crippen LogP contribution in [0.2, 0.25) is 0 Å². The van der Waals surface area contributed by atoms with Crippen molar-refractivity contribution >= 4 is 0 Å². The van der Waals surface area contributed by atoms with Crippen LogP contribution in [0.1, 0.15) is 84.0 Å². The van der Waals surface area contributed by atoms with Gasteiger partial charge in [0.1, 0.15) is 0 Å². The highest BCUT2D eigenvalue weighted by Crippen LogP contribution is 2.13. The van der Waals surface area contributed by atoms with Gasteiger partial charge in [-0.1, -0.05) is 83.1 Å². The quantitative estimate of drug-likeness (QED) is 0.311. The minimum absolute atomic E-state index is 0.0487. The Morgan fingerprint density at radius 2 is 1.47 bits per heavy atom. The lowest BCUT2D eigenvalue weighted by atomic mass is 10.0. The first-order valence-electron chi connectivity index (χ1n) is 8.26. The number of aliphatic hydroxyl groups is 1. The zero-order valence-electron chi connectivity index (χ0n) is 12.9. The Labute approximate surface area is 120 Å². The summed E-state index contributed by atoms with van der Waals surface area (Å²) in [6.07, 6.45) is 20.6. The van der Waals surface area contributed by atoms with Crippen molar-refractivity contribution < 1.29 is 5.11 Å². The average Bonchev–Trinajstić information content (AvgIpc) is 2.42. The van der Waals surface area contributed by atoms with Gasteiger partial charge in [-0.15, -0.1) is 0 Å². The minimum Gasteiger partial charge on any atom is -0.393 e. The Morgan fingerprint density at radius 1 is 0.895 bits per heavy atom. The summed E-state index contributed by atoms with van der Waals surface area (Å²) in [6.45, 7) is 5.88. The van der Waals surface area contributed by atoms with Gasteiger partial charge in [-0.2, -0.15) is 0 Å². The van der Waals surface area contributed by atoms with Crippen LogP contribution in [0, 0.1) is 0 Å². The summed E-state index contributed by atoms with van der Waals surface area (Å²) in [7, 11) is 0. The molecule has 0 aliphatic carbocycles. The first-order valence-corrected chi connectivity index (χ1v) is 8.26.